The average Bonchev–Trinajstić information content (AvgIpc) is 3.34. The van der Waals surface area contributed by atoms with Gasteiger partial charge in [-0.25, -0.2) is 0 Å². The summed E-state index contributed by atoms with van der Waals surface area (Å²) in [5.41, 5.74) is 4.26. The van der Waals surface area contributed by atoms with Gasteiger partial charge in [0.2, 0.25) is 0 Å². The summed E-state index contributed by atoms with van der Waals surface area (Å²) in [5.74, 6) is 2.27. The number of fused-ring (bicyclic) bond motifs is 1. The SMILES string of the molecule is Cc1cc(C)cc(C(=O)N[C@H](CC(C)C)c2nnc3n2CCN(Cc2ccsc2)CC3)c1. The Kier molecular flexibility index (Phi) is 7.06. The number of carbonyl (C=O) groups is 1. The third kappa shape index (κ3) is 5.45. The van der Waals surface area contributed by atoms with Gasteiger partial charge >= 0.3 is 0 Å². The van der Waals surface area contributed by atoms with Gasteiger partial charge in [0.15, 0.2) is 5.82 Å². The monoisotopic (exact) mass is 451 g/mol. The van der Waals surface area contributed by atoms with Crippen LogP contribution in [0.25, 0.3) is 0 Å². The van der Waals surface area contributed by atoms with Gasteiger partial charge in [-0.1, -0.05) is 31.0 Å². The fraction of sp³-hybridized carbons (Fsp3) is 0.480. The summed E-state index contributed by atoms with van der Waals surface area (Å²) in [6.45, 7) is 12.1. The van der Waals surface area contributed by atoms with E-state index in [1.807, 2.05) is 26.0 Å². The van der Waals surface area contributed by atoms with Crippen LogP contribution in [0, 0.1) is 19.8 Å². The summed E-state index contributed by atoms with van der Waals surface area (Å²) < 4.78 is 2.24. The summed E-state index contributed by atoms with van der Waals surface area (Å²) >= 11 is 1.75. The van der Waals surface area contributed by atoms with E-state index in [1.165, 1.54) is 5.56 Å². The van der Waals surface area contributed by atoms with Crippen LogP contribution in [0.1, 0.15) is 65.0 Å². The number of rotatable bonds is 7. The van der Waals surface area contributed by atoms with Gasteiger partial charge in [-0.2, -0.15) is 11.3 Å². The maximum absolute atomic E-state index is 13.1. The number of benzene rings is 1. The van der Waals surface area contributed by atoms with Crippen molar-refractivity contribution in [1.82, 2.24) is 25.0 Å². The molecule has 1 aliphatic rings. The molecule has 0 radical (unpaired) electrons. The highest BCUT2D eigenvalue weighted by molar-refractivity contribution is 7.07. The number of nitrogens with one attached hydrogen (secondary N) is 1. The molecule has 0 saturated heterocycles. The summed E-state index contributed by atoms with van der Waals surface area (Å²) in [4.78, 5) is 15.6. The Balaban J connectivity index is 1.52. The molecule has 1 N–H and O–H groups in total. The molecule has 6 nitrogen and oxygen atoms in total. The third-order valence-electron chi connectivity index (χ3n) is 5.94. The van der Waals surface area contributed by atoms with Crippen molar-refractivity contribution in [1.29, 1.82) is 0 Å². The van der Waals surface area contributed by atoms with Crippen molar-refractivity contribution in [3.63, 3.8) is 0 Å². The molecule has 0 spiro atoms. The van der Waals surface area contributed by atoms with Crippen LogP contribution in [-0.4, -0.2) is 38.7 Å². The van der Waals surface area contributed by atoms with Crippen molar-refractivity contribution in [3.05, 3.63) is 68.9 Å². The predicted octanol–water partition coefficient (Wildman–Crippen LogP) is 4.53. The number of amides is 1. The van der Waals surface area contributed by atoms with Gasteiger partial charge in [0, 0.05) is 38.2 Å². The molecular formula is C25H33N5OS. The minimum Gasteiger partial charge on any atom is -0.342 e. The molecule has 32 heavy (non-hydrogen) atoms. The van der Waals surface area contributed by atoms with Crippen molar-refractivity contribution in [3.8, 4) is 0 Å². The van der Waals surface area contributed by atoms with Crippen LogP contribution in [0.4, 0.5) is 0 Å². The van der Waals surface area contributed by atoms with E-state index in [4.69, 9.17) is 0 Å². The summed E-state index contributed by atoms with van der Waals surface area (Å²) in [6, 6.07) is 8.02. The van der Waals surface area contributed by atoms with Crippen LogP contribution in [-0.2, 0) is 19.5 Å². The largest absolute Gasteiger partial charge is 0.342 e. The maximum atomic E-state index is 13.1. The van der Waals surface area contributed by atoms with E-state index >= 15 is 0 Å². The smallest absolute Gasteiger partial charge is 0.251 e. The van der Waals surface area contributed by atoms with E-state index < -0.39 is 0 Å². The lowest BCUT2D eigenvalue weighted by Crippen LogP contribution is -2.32. The summed E-state index contributed by atoms with van der Waals surface area (Å²) in [7, 11) is 0. The second-order valence-corrected chi connectivity index (χ2v) is 10.1. The zero-order chi connectivity index (χ0) is 22.7. The van der Waals surface area contributed by atoms with E-state index in [0.717, 1.165) is 61.8 Å². The van der Waals surface area contributed by atoms with Gasteiger partial charge in [-0.3, -0.25) is 9.69 Å². The Hall–Kier alpha value is -2.51. The molecule has 1 amide bonds. The Morgan fingerprint density at radius 3 is 2.59 bits per heavy atom. The molecule has 4 rings (SSSR count). The highest BCUT2D eigenvalue weighted by atomic mass is 32.1. The van der Waals surface area contributed by atoms with Crippen LogP contribution in [0.2, 0.25) is 0 Å². The summed E-state index contributed by atoms with van der Waals surface area (Å²) in [6.07, 6.45) is 1.70. The zero-order valence-electron chi connectivity index (χ0n) is 19.5. The second kappa shape index (κ2) is 9.96. The van der Waals surface area contributed by atoms with Gasteiger partial charge in [-0.05, 0) is 60.7 Å². The number of thiophene rings is 1. The van der Waals surface area contributed by atoms with Gasteiger partial charge in [0.05, 0.1) is 6.04 Å². The first-order valence-electron chi connectivity index (χ1n) is 11.4. The van der Waals surface area contributed by atoms with Crippen LogP contribution < -0.4 is 5.32 Å². The van der Waals surface area contributed by atoms with E-state index in [1.54, 1.807) is 11.3 Å². The van der Waals surface area contributed by atoms with Crippen LogP contribution >= 0.6 is 11.3 Å². The molecule has 0 unspecified atom stereocenters. The number of hydrogen-bond acceptors (Lipinski definition) is 5. The molecule has 1 atom stereocenters. The minimum atomic E-state index is -0.159. The van der Waals surface area contributed by atoms with Gasteiger partial charge in [0.1, 0.15) is 5.82 Å². The van der Waals surface area contributed by atoms with Crippen LogP contribution in [0.15, 0.2) is 35.0 Å². The molecule has 0 saturated carbocycles. The molecule has 0 fully saturated rings. The first-order chi connectivity index (χ1) is 15.4. The van der Waals surface area contributed by atoms with Crippen molar-refractivity contribution in [2.75, 3.05) is 13.1 Å². The van der Waals surface area contributed by atoms with E-state index in [9.17, 15) is 4.79 Å². The lowest BCUT2D eigenvalue weighted by molar-refractivity contribution is 0.0928. The molecule has 3 aromatic rings. The molecule has 0 bridgehead atoms. The van der Waals surface area contributed by atoms with Gasteiger partial charge in [0.25, 0.3) is 5.91 Å². The first kappa shape index (κ1) is 22.7. The average molecular weight is 452 g/mol. The van der Waals surface area contributed by atoms with Gasteiger partial charge < -0.3 is 9.88 Å². The lowest BCUT2D eigenvalue weighted by Gasteiger charge is -2.22. The third-order valence-corrected chi connectivity index (χ3v) is 6.67. The number of aryl methyl sites for hydroxylation is 2. The van der Waals surface area contributed by atoms with E-state index in [2.05, 4.69) is 61.7 Å². The van der Waals surface area contributed by atoms with Gasteiger partial charge in [-0.15, -0.1) is 10.2 Å². The maximum Gasteiger partial charge on any atom is 0.251 e. The van der Waals surface area contributed by atoms with Crippen molar-refractivity contribution >= 4 is 17.2 Å². The standard InChI is InChI=1S/C25H33N5OS/c1-17(2)11-22(26-25(31)21-13-18(3)12-19(4)14-21)24-28-27-23-5-7-29(8-9-30(23)24)15-20-6-10-32-16-20/h6,10,12-14,16-17,22H,5,7-9,11,15H2,1-4H3,(H,26,31)/t22-/m1/s1. The molecule has 1 aromatic carbocycles. The predicted molar refractivity (Wildman–Crippen MR) is 129 cm³/mol. The summed E-state index contributed by atoms with van der Waals surface area (Å²) in [5, 5.41) is 16.7. The highest BCUT2D eigenvalue weighted by Crippen LogP contribution is 2.24. The molecule has 1 aliphatic heterocycles. The molecular weight excluding hydrogens is 418 g/mol. The first-order valence-corrected chi connectivity index (χ1v) is 12.4. The van der Waals surface area contributed by atoms with Crippen LogP contribution in [0.3, 0.4) is 0 Å². The normalized spacial score (nSPS) is 15.4. The topological polar surface area (TPSA) is 63.1 Å². The fourth-order valence-electron chi connectivity index (χ4n) is 4.49. The number of carbonyl (C=O) groups excluding carboxylic acids is 1. The van der Waals surface area contributed by atoms with Crippen molar-refractivity contribution in [2.24, 2.45) is 5.92 Å². The zero-order valence-corrected chi connectivity index (χ0v) is 20.3. The van der Waals surface area contributed by atoms with E-state index in [-0.39, 0.29) is 11.9 Å². The highest BCUT2D eigenvalue weighted by Gasteiger charge is 2.26. The fourth-order valence-corrected chi connectivity index (χ4v) is 5.15. The van der Waals surface area contributed by atoms with Crippen molar-refractivity contribution < 1.29 is 4.79 Å². The van der Waals surface area contributed by atoms with E-state index in [0.29, 0.717) is 11.5 Å². The molecule has 170 valence electrons. The van der Waals surface area contributed by atoms with Crippen LogP contribution in [0.5, 0.6) is 0 Å². The quantitative estimate of drug-likeness (QED) is 0.573. The Morgan fingerprint density at radius 2 is 1.91 bits per heavy atom. The Bertz CT molecular complexity index is 1040. The Morgan fingerprint density at radius 1 is 1.12 bits per heavy atom. The number of aromatic nitrogens is 3. The lowest BCUT2D eigenvalue weighted by atomic mass is 10.0. The molecule has 3 heterocycles. The molecule has 0 aliphatic carbocycles. The number of hydrogen-bond donors (Lipinski definition) is 1. The Labute approximate surface area is 194 Å². The minimum absolute atomic E-state index is 0.0486. The van der Waals surface area contributed by atoms with Crippen molar-refractivity contribution in [2.45, 2.75) is 59.7 Å². The number of nitrogens with zero attached hydrogens (tertiary/aromatic N) is 4. The second-order valence-electron chi connectivity index (χ2n) is 9.32. The molecule has 7 heteroatoms. The molecule has 2 aromatic heterocycles.